The summed E-state index contributed by atoms with van der Waals surface area (Å²) in [7, 11) is 2.82. The number of aromatic nitrogens is 2. The summed E-state index contributed by atoms with van der Waals surface area (Å²) >= 11 is 0. The number of fused-ring (bicyclic) bond motifs is 1. The Hall–Kier alpha value is -2.64. The van der Waals surface area contributed by atoms with Crippen molar-refractivity contribution in [2.24, 2.45) is 0 Å². The number of aromatic amines is 1. The maximum Gasteiger partial charge on any atom is 0.307 e. The molecule has 1 N–H and O–H groups in total. The van der Waals surface area contributed by atoms with Crippen LogP contribution >= 0.6 is 0 Å². The third-order valence-electron chi connectivity index (χ3n) is 3.11. The monoisotopic (exact) mass is 293 g/mol. The zero-order chi connectivity index (χ0) is 15.6. The standard InChI is InChI=1S/C13H15N3O5/c1-7-9(10-11(18)14-6-15-12(10)21-7)13(19)16(2)5-4-8(17)20-3/h6H,4-5H2,1-3H3,(H,14,15,18). The van der Waals surface area contributed by atoms with Gasteiger partial charge in [0.05, 0.1) is 25.4 Å². The molecule has 2 heterocycles. The smallest absolute Gasteiger partial charge is 0.307 e. The van der Waals surface area contributed by atoms with Crippen LogP contribution in [0.2, 0.25) is 0 Å². The van der Waals surface area contributed by atoms with Crippen LogP contribution in [0.5, 0.6) is 0 Å². The van der Waals surface area contributed by atoms with E-state index in [4.69, 9.17) is 4.42 Å². The van der Waals surface area contributed by atoms with E-state index in [0.717, 1.165) is 0 Å². The second-order valence-corrected chi connectivity index (χ2v) is 4.50. The number of ether oxygens (including phenoxy) is 1. The van der Waals surface area contributed by atoms with Gasteiger partial charge in [0.2, 0.25) is 5.71 Å². The molecule has 0 unspecified atom stereocenters. The fraction of sp³-hybridized carbons (Fsp3) is 0.385. The topological polar surface area (TPSA) is 106 Å². The van der Waals surface area contributed by atoms with Gasteiger partial charge in [-0.15, -0.1) is 0 Å². The van der Waals surface area contributed by atoms with Gasteiger partial charge in [0.1, 0.15) is 11.1 Å². The first-order valence-corrected chi connectivity index (χ1v) is 6.24. The molecular formula is C13H15N3O5. The average molecular weight is 293 g/mol. The molecule has 0 aromatic carbocycles. The first kappa shape index (κ1) is 14.8. The maximum absolute atomic E-state index is 12.4. The van der Waals surface area contributed by atoms with Crippen molar-refractivity contribution in [2.45, 2.75) is 13.3 Å². The van der Waals surface area contributed by atoms with Crippen molar-refractivity contribution in [1.29, 1.82) is 0 Å². The molecule has 2 aromatic heterocycles. The van der Waals surface area contributed by atoms with Crippen LogP contribution in [-0.4, -0.2) is 47.4 Å². The Morgan fingerprint density at radius 2 is 2.19 bits per heavy atom. The Morgan fingerprint density at radius 3 is 2.86 bits per heavy atom. The lowest BCUT2D eigenvalue weighted by molar-refractivity contribution is -0.140. The molecule has 0 aliphatic carbocycles. The Morgan fingerprint density at radius 1 is 1.48 bits per heavy atom. The number of esters is 1. The highest BCUT2D eigenvalue weighted by molar-refractivity contribution is 6.06. The Balaban J connectivity index is 2.33. The Kier molecular flexibility index (Phi) is 4.06. The number of aryl methyl sites for hydroxylation is 1. The van der Waals surface area contributed by atoms with E-state index in [-0.39, 0.29) is 29.6 Å². The van der Waals surface area contributed by atoms with Crippen LogP contribution in [0, 0.1) is 6.92 Å². The SMILES string of the molecule is COC(=O)CCN(C)C(=O)c1c(C)oc2nc[nH]c(=O)c12. The van der Waals surface area contributed by atoms with Crippen LogP contribution in [0.25, 0.3) is 11.1 Å². The minimum absolute atomic E-state index is 0.0716. The highest BCUT2D eigenvalue weighted by Gasteiger charge is 2.24. The van der Waals surface area contributed by atoms with Gasteiger partial charge in [-0.3, -0.25) is 14.4 Å². The minimum Gasteiger partial charge on any atom is -0.469 e. The number of hydrogen-bond donors (Lipinski definition) is 1. The molecule has 0 saturated carbocycles. The van der Waals surface area contributed by atoms with Crippen molar-refractivity contribution in [3.8, 4) is 0 Å². The third kappa shape index (κ3) is 2.78. The molecule has 21 heavy (non-hydrogen) atoms. The second-order valence-electron chi connectivity index (χ2n) is 4.50. The van der Waals surface area contributed by atoms with Crippen LogP contribution in [-0.2, 0) is 9.53 Å². The van der Waals surface area contributed by atoms with Gasteiger partial charge in [-0.05, 0) is 6.92 Å². The van der Waals surface area contributed by atoms with Gasteiger partial charge in [-0.25, -0.2) is 4.98 Å². The molecule has 0 fully saturated rings. The lowest BCUT2D eigenvalue weighted by Crippen LogP contribution is -2.30. The van der Waals surface area contributed by atoms with Crippen molar-refractivity contribution in [1.82, 2.24) is 14.9 Å². The minimum atomic E-state index is -0.443. The van der Waals surface area contributed by atoms with Crippen molar-refractivity contribution >= 4 is 23.0 Å². The summed E-state index contributed by atoms with van der Waals surface area (Å²) in [5, 5.41) is 0.116. The van der Waals surface area contributed by atoms with Crippen LogP contribution in [0.15, 0.2) is 15.5 Å². The summed E-state index contributed by atoms with van der Waals surface area (Å²) in [5.41, 5.74) is -0.172. The normalized spacial score (nSPS) is 10.6. The number of amides is 1. The summed E-state index contributed by atoms with van der Waals surface area (Å²) in [6.45, 7) is 1.76. The molecule has 0 aliphatic rings. The fourth-order valence-electron chi connectivity index (χ4n) is 1.96. The van der Waals surface area contributed by atoms with Gasteiger partial charge < -0.3 is 19.0 Å². The molecular weight excluding hydrogens is 278 g/mol. The highest BCUT2D eigenvalue weighted by atomic mass is 16.5. The van der Waals surface area contributed by atoms with Gasteiger partial charge in [-0.1, -0.05) is 0 Å². The maximum atomic E-state index is 12.4. The van der Waals surface area contributed by atoms with E-state index in [9.17, 15) is 14.4 Å². The van der Waals surface area contributed by atoms with Crippen molar-refractivity contribution in [3.63, 3.8) is 0 Å². The largest absolute Gasteiger partial charge is 0.469 e. The Bertz CT molecular complexity index is 746. The zero-order valence-electron chi connectivity index (χ0n) is 11.9. The van der Waals surface area contributed by atoms with E-state index >= 15 is 0 Å². The molecule has 8 heteroatoms. The lowest BCUT2D eigenvalue weighted by Gasteiger charge is -2.15. The number of methoxy groups -OCH3 is 1. The molecule has 0 aliphatic heterocycles. The van der Waals surface area contributed by atoms with Gasteiger partial charge >= 0.3 is 5.97 Å². The third-order valence-corrected chi connectivity index (χ3v) is 3.11. The molecule has 0 saturated heterocycles. The number of furan rings is 1. The zero-order valence-corrected chi connectivity index (χ0v) is 11.9. The predicted octanol–water partition coefficient (Wildman–Crippen LogP) is 0.460. The lowest BCUT2D eigenvalue weighted by atomic mass is 10.1. The highest BCUT2D eigenvalue weighted by Crippen LogP contribution is 2.21. The quantitative estimate of drug-likeness (QED) is 0.821. The molecule has 112 valence electrons. The fourth-order valence-corrected chi connectivity index (χ4v) is 1.96. The number of carbonyl (C=O) groups is 2. The van der Waals surface area contributed by atoms with Gasteiger partial charge in [0.25, 0.3) is 11.5 Å². The van der Waals surface area contributed by atoms with Gasteiger partial charge in [0.15, 0.2) is 0 Å². The summed E-state index contributed by atoms with van der Waals surface area (Å²) in [4.78, 5) is 43.0. The molecule has 2 aromatic rings. The van der Waals surface area contributed by atoms with Crippen LogP contribution in [0.4, 0.5) is 0 Å². The molecule has 1 amide bonds. The number of nitrogens with zero attached hydrogens (tertiary/aromatic N) is 2. The van der Waals surface area contributed by atoms with E-state index in [2.05, 4.69) is 14.7 Å². The first-order valence-electron chi connectivity index (χ1n) is 6.24. The van der Waals surface area contributed by atoms with Crippen LogP contribution in [0.3, 0.4) is 0 Å². The Labute approximate surface area is 119 Å². The van der Waals surface area contributed by atoms with Crippen LogP contribution < -0.4 is 5.56 Å². The van der Waals surface area contributed by atoms with Gasteiger partial charge in [-0.2, -0.15) is 0 Å². The summed E-state index contributed by atoms with van der Waals surface area (Å²) in [5.74, 6) is -0.513. The van der Waals surface area contributed by atoms with E-state index in [1.807, 2.05) is 0 Å². The number of hydrogen-bond acceptors (Lipinski definition) is 6. The van der Waals surface area contributed by atoms with Crippen molar-refractivity contribution < 1.29 is 18.7 Å². The molecule has 8 nitrogen and oxygen atoms in total. The summed E-state index contributed by atoms with van der Waals surface area (Å²) in [6.07, 6.45) is 1.28. The van der Waals surface area contributed by atoms with E-state index < -0.39 is 17.4 Å². The van der Waals surface area contributed by atoms with E-state index in [1.165, 1.54) is 25.4 Å². The van der Waals surface area contributed by atoms with E-state index in [1.54, 1.807) is 6.92 Å². The number of carbonyl (C=O) groups excluding carboxylic acids is 2. The van der Waals surface area contributed by atoms with Crippen molar-refractivity contribution in [2.75, 3.05) is 20.7 Å². The molecule has 0 radical (unpaired) electrons. The van der Waals surface area contributed by atoms with E-state index in [0.29, 0.717) is 5.76 Å². The van der Waals surface area contributed by atoms with Crippen molar-refractivity contribution in [3.05, 3.63) is 28.0 Å². The summed E-state index contributed by atoms with van der Waals surface area (Å²) < 4.78 is 9.85. The number of nitrogens with one attached hydrogen (secondary N) is 1. The molecule has 0 bridgehead atoms. The first-order chi connectivity index (χ1) is 9.95. The molecule has 0 atom stereocenters. The number of H-pyrrole nitrogens is 1. The summed E-state index contributed by atoms with van der Waals surface area (Å²) in [6, 6.07) is 0. The predicted molar refractivity (Wildman–Crippen MR) is 73.0 cm³/mol. The second kappa shape index (κ2) is 5.78. The molecule has 0 spiro atoms. The van der Waals surface area contributed by atoms with Crippen LogP contribution in [0.1, 0.15) is 22.5 Å². The average Bonchev–Trinajstić information content (AvgIpc) is 2.80. The van der Waals surface area contributed by atoms with Gasteiger partial charge in [0, 0.05) is 13.6 Å². The number of rotatable bonds is 4. The molecule has 2 rings (SSSR count).